The van der Waals surface area contributed by atoms with E-state index in [0.29, 0.717) is 17.4 Å². The van der Waals surface area contributed by atoms with Gasteiger partial charge in [0.2, 0.25) is 5.82 Å². The average Bonchev–Trinajstić information content (AvgIpc) is 3.10. The van der Waals surface area contributed by atoms with Crippen molar-refractivity contribution in [2.45, 2.75) is 26.8 Å². The van der Waals surface area contributed by atoms with Crippen LogP contribution in [0.5, 0.6) is 5.75 Å². The van der Waals surface area contributed by atoms with E-state index in [0.717, 1.165) is 17.0 Å². The molecule has 0 bridgehead atoms. The Morgan fingerprint density at radius 2 is 1.96 bits per heavy atom. The lowest BCUT2D eigenvalue weighted by molar-refractivity contribution is 0.0689. The number of hydrogen-bond donors (Lipinski definition) is 0. The van der Waals surface area contributed by atoms with Crippen LogP contribution in [0.2, 0.25) is 5.02 Å². The molecule has 1 amide bonds. The zero-order valence-corrected chi connectivity index (χ0v) is 17.1. The van der Waals surface area contributed by atoms with Crippen molar-refractivity contribution in [3.63, 3.8) is 0 Å². The number of rotatable bonds is 6. The molecule has 3 aromatic rings. The third-order valence-corrected chi connectivity index (χ3v) is 4.93. The predicted molar refractivity (Wildman–Crippen MR) is 109 cm³/mol. The molecule has 0 aliphatic rings. The molecule has 0 N–H and O–H groups in total. The largest absolute Gasteiger partial charge is 0.497 e. The van der Waals surface area contributed by atoms with Crippen molar-refractivity contribution in [2.75, 3.05) is 13.7 Å². The molecule has 0 radical (unpaired) electrons. The second-order valence-electron chi connectivity index (χ2n) is 6.41. The molecule has 146 valence electrons. The highest BCUT2D eigenvalue weighted by atomic mass is 35.5. The van der Waals surface area contributed by atoms with Gasteiger partial charge in [-0.25, -0.2) is 9.67 Å². The summed E-state index contributed by atoms with van der Waals surface area (Å²) in [6.45, 7) is 6.28. The Hall–Kier alpha value is -2.86. The number of nitrogens with zero attached hydrogens (tertiary/aromatic N) is 4. The van der Waals surface area contributed by atoms with Gasteiger partial charge in [-0.15, -0.1) is 5.10 Å². The number of ether oxygens (including phenoxy) is 1. The Morgan fingerprint density at radius 3 is 2.61 bits per heavy atom. The normalized spacial score (nSPS) is 11.9. The lowest BCUT2D eigenvalue weighted by Crippen LogP contribution is -2.34. The molecule has 0 aliphatic heterocycles. The van der Waals surface area contributed by atoms with Crippen LogP contribution in [-0.4, -0.2) is 39.2 Å². The van der Waals surface area contributed by atoms with Crippen molar-refractivity contribution in [3.8, 4) is 11.4 Å². The van der Waals surface area contributed by atoms with E-state index in [4.69, 9.17) is 16.3 Å². The third-order valence-electron chi connectivity index (χ3n) is 4.68. The number of carbonyl (C=O) groups is 1. The first-order valence-electron chi connectivity index (χ1n) is 9.09. The van der Waals surface area contributed by atoms with E-state index in [1.807, 2.05) is 57.2 Å². The van der Waals surface area contributed by atoms with Gasteiger partial charge in [0.05, 0.1) is 18.8 Å². The number of aromatic nitrogens is 3. The average molecular weight is 399 g/mol. The van der Waals surface area contributed by atoms with Gasteiger partial charge in [0, 0.05) is 11.6 Å². The van der Waals surface area contributed by atoms with Gasteiger partial charge in [0.1, 0.15) is 11.6 Å². The highest BCUT2D eigenvalue weighted by Crippen LogP contribution is 2.25. The summed E-state index contributed by atoms with van der Waals surface area (Å²) < 4.78 is 6.95. The monoisotopic (exact) mass is 398 g/mol. The molecule has 0 aliphatic carbocycles. The van der Waals surface area contributed by atoms with Crippen molar-refractivity contribution in [3.05, 3.63) is 70.8 Å². The zero-order valence-electron chi connectivity index (χ0n) is 16.4. The quantitative estimate of drug-likeness (QED) is 0.615. The summed E-state index contributed by atoms with van der Waals surface area (Å²) >= 11 is 5.95. The Balaban J connectivity index is 1.89. The fourth-order valence-electron chi connectivity index (χ4n) is 3.11. The van der Waals surface area contributed by atoms with Crippen molar-refractivity contribution in [1.29, 1.82) is 0 Å². The van der Waals surface area contributed by atoms with Crippen molar-refractivity contribution in [2.24, 2.45) is 0 Å². The molecule has 28 heavy (non-hydrogen) atoms. The standard InChI is InChI=1S/C21H23ClN4O2/c1-5-25(14(2)16-7-6-8-19(13-16)28-4)21(27)20-23-15(3)26(24-20)18-11-9-17(22)10-12-18/h6-14H,5H2,1-4H3. The van der Waals surface area contributed by atoms with Crippen molar-refractivity contribution >= 4 is 17.5 Å². The summed E-state index contributed by atoms with van der Waals surface area (Å²) in [6, 6.07) is 14.8. The molecular weight excluding hydrogens is 376 g/mol. The van der Waals surface area contributed by atoms with E-state index in [2.05, 4.69) is 10.1 Å². The van der Waals surface area contributed by atoms with Crippen LogP contribution < -0.4 is 4.74 Å². The smallest absolute Gasteiger partial charge is 0.294 e. The predicted octanol–water partition coefficient (Wildman–Crippen LogP) is 4.46. The molecule has 2 aromatic carbocycles. The second-order valence-corrected chi connectivity index (χ2v) is 6.85. The third kappa shape index (κ3) is 4.02. The number of methoxy groups -OCH3 is 1. The fourth-order valence-corrected chi connectivity index (χ4v) is 3.24. The first kappa shape index (κ1) is 19.9. The summed E-state index contributed by atoms with van der Waals surface area (Å²) in [6.07, 6.45) is 0. The van der Waals surface area contributed by atoms with E-state index in [1.54, 1.807) is 28.8 Å². The van der Waals surface area contributed by atoms with Gasteiger partial charge in [0.15, 0.2) is 0 Å². The Kier molecular flexibility index (Phi) is 5.99. The summed E-state index contributed by atoms with van der Waals surface area (Å²) in [4.78, 5) is 19.3. The maximum Gasteiger partial charge on any atom is 0.294 e. The number of carbonyl (C=O) groups excluding carboxylic acids is 1. The molecule has 0 saturated heterocycles. The molecule has 0 spiro atoms. The minimum atomic E-state index is -0.214. The summed E-state index contributed by atoms with van der Waals surface area (Å²) in [5, 5.41) is 5.08. The summed E-state index contributed by atoms with van der Waals surface area (Å²) in [5.74, 6) is 1.35. The van der Waals surface area contributed by atoms with Crippen molar-refractivity contribution < 1.29 is 9.53 Å². The molecule has 1 aromatic heterocycles. The molecule has 0 saturated carbocycles. The van der Waals surface area contributed by atoms with E-state index in [9.17, 15) is 4.79 Å². The van der Waals surface area contributed by atoms with Gasteiger partial charge in [-0.05, 0) is 62.7 Å². The number of hydrogen-bond acceptors (Lipinski definition) is 4. The molecule has 1 atom stereocenters. The van der Waals surface area contributed by atoms with Crippen LogP contribution in [0.4, 0.5) is 0 Å². The van der Waals surface area contributed by atoms with Gasteiger partial charge in [-0.3, -0.25) is 4.79 Å². The molecule has 6 nitrogen and oxygen atoms in total. The SMILES string of the molecule is CCN(C(=O)c1nc(C)n(-c2ccc(Cl)cc2)n1)C(C)c1cccc(OC)c1. The summed E-state index contributed by atoms with van der Waals surface area (Å²) in [7, 11) is 1.63. The van der Waals surface area contributed by atoms with Gasteiger partial charge < -0.3 is 9.64 Å². The van der Waals surface area contributed by atoms with Gasteiger partial charge >= 0.3 is 0 Å². The van der Waals surface area contributed by atoms with Gasteiger partial charge in [-0.2, -0.15) is 0 Å². The van der Waals surface area contributed by atoms with E-state index in [-0.39, 0.29) is 17.8 Å². The Morgan fingerprint density at radius 1 is 1.25 bits per heavy atom. The lowest BCUT2D eigenvalue weighted by Gasteiger charge is -2.27. The maximum atomic E-state index is 13.1. The molecule has 3 rings (SSSR count). The number of amides is 1. The highest BCUT2D eigenvalue weighted by Gasteiger charge is 2.25. The molecule has 1 heterocycles. The molecular formula is C21H23ClN4O2. The minimum Gasteiger partial charge on any atom is -0.497 e. The summed E-state index contributed by atoms with van der Waals surface area (Å²) in [5.41, 5.74) is 1.79. The highest BCUT2D eigenvalue weighted by molar-refractivity contribution is 6.30. The first-order chi connectivity index (χ1) is 13.4. The van der Waals surface area contributed by atoms with E-state index in [1.165, 1.54) is 0 Å². The van der Waals surface area contributed by atoms with Crippen LogP contribution in [0, 0.1) is 6.92 Å². The minimum absolute atomic E-state index is 0.143. The maximum absolute atomic E-state index is 13.1. The van der Waals surface area contributed by atoms with Crippen LogP contribution in [0.1, 0.15) is 41.9 Å². The molecule has 1 unspecified atom stereocenters. The van der Waals surface area contributed by atoms with E-state index < -0.39 is 0 Å². The lowest BCUT2D eigenvalue weighted by atomic mass is 10.1. The van der Waals surface area contributed by atoms with Gasteiger partial charge in [0.25, 0.3) is 5.91 Å². The van der Waals surface area contributed by atoms with Crippen LogP contribution >= 0.6 is 11.6 Å². The first-order valence-corrected chi connectivity index (χ1v) is 9.47. The number of aryl methyl sites for hydroxylation is 1. The fraction of sp³-hybridized carbons (Fsp3) is 0.286. The molecule has 0 fully saturated rings. The number of halogens is 1. The number of benzene rings is 2. The Labute approximate surface area is 169 Å². The zero-order chi connectivity index (χ0) is 20.3. The van der Waals surface area contributed by atoms with Crippen LogP contribution in [0.3, 0.4) is 0 Å². The topological polar surface area (TPSA) is 60.2 Å². The van der Waals surface area contributed by atoms with Gasteiger partial charge in [-0.1, -0.05) is 23.7 Å². The van der Waals surface area contributed by atoms with Crippen LogP contribution in [0.15, 0.2) is 48.5 Å². The van der Waals surface area contributed by atoms with Crippen molar-refractivity contribution in [1.82, 2.24) is 19.7 Å². The second kappa shape index (κ2) is 8.44. The molecule has 7 heteroatoms. The Bertz CT molecular complexity index is 969. The van der Waals surface area contributed by atoms with Crippen LogP contribution in [0.25, 0.3) is 5.69 Å². The van der Waals surface area contributed by atoms with E-state index >= 15 is 0 Å². The van der Waals surface area contributed by atoms with Crippen LogP contribution in [-0.2, 0) is 0 Å².